The van der Waals surface area contributed by atoms with Gasteiger partial charge >= 0.3 is 0 Å². The lowest BCUT2D eigenvalue weighted by molar-refractivity contribution is -0.123. The Labute approximate surface area is 91.5 Å². The molecular formula is C11H22N2O2. The molecule has 4 heteroatoms. The third-order valence-electron chi connectivity index (χ3n) is 2.59. The van der Waals surface area contributed by atoms with E-state index in [1.165, 1.54) is 0 Å². The lowest BCUT2D eigenvalue weighted by Crippen LogP contribution is -2.43. The molecule has 1 amide bonds. The van der Waals surface area contributed by atoms with Gasteiger partial charge in [-0.1, -0.05) is 13.8 Å². The molecule has 1 unspecified atom stereocenters. The summed E-state index contributed by atoms with van der Waals surface area (Å²) >= 11 is 0. The Balaban J connectivity index is 2.16. The molecule has 1 fully saturated rings. The van der Waals surface area contributed by atoms with Crippen molar-refractivity contribution in [2.75, 3.05) is 13.2 Å². The SMILES string of the molecule is CC(C)C[C@H](N)C(=O)NCC1CCCO1. The van der Waals surface area contributed by atoms with E-state index in [4.69, 9.17) is 10.5 Å². The molecule has 0 aromatic heterocycles. The Bertz CT molecular complexity index is 201. The van der Waals surface area contributed by atoms with E-state index >= 15 is 0 Å². The fourth-order valence-corrected chi connectivity index (χ4v) is 1.77. The van der Waals surface area contributed by atoms with E-state index in [-0.39, 0.29) is 18.1 Å². The Kier molecular flexibility index (Phi) is 5.05. The molecule has 1 aliphatic rings. The van der Waals surface area contributed by atoms with Crippen molar-refractivity contribution in [3.8, 4) is 0 Å². The predicted molar refractivity (Wildman–Crippen MR) is 59.4 cm³/mol. The first-order valence-electron chi connectivity index (χ1n) is 5.74. The molecular weight excluding hydrogens is 192 g/mol. The molecule has 0 bridgehead atoms. The van der Waals surface area contributed by atoms with Crippen LogP contribution in [0.1, 0.15) is 33.1 Å². The second kappa shape index (κ2) is 6.08. The van der Waals surface area contributed by atoms with Crippen LogP contribution in [0.25, 0.3) is 0 Å². The average molecular weight is 214 g/mol. The monoisotopic (exact) mass is 214 g/mol. The van der Waals surface area contributed by atoms with E-state index in [1.807, 2.05) is 0 Å². The lowest BCUT2D eigenvalue weighted by Gasteiger charge is -2.16. The summed E-state index contributed by atoms with van der Waals surface area (Å²) in [5.41, 5.74) is 5.75. The molecule has 1 aliphatic heterocycles. The van der Waals surface area contributed by atoms with Crippen molar-refractivity contribution in [2.24, 2.45) is 11.7 Å². The predicted octanol–water partition coefficient (Wildman–Crippen LogP) is 0.655. The standard InChI is InChI=1S/C11H22N2O2/c1-8(2)6-10(12)11(14)13-7-9-4-3-5-15-9/h8-10H,3-7,12H2,1-2H3,(H,13,14)/t9?,10-/m0/s1. The van der Waals surface area contributed by atoms with Gasteiger partial charge < -0.3 is 15.8 Å². The van der Waals surface area contributed by atoms with Crippen molar-refractivity contribution in [3.05, 3.63) is 0 Å². The zero-order chi connectivity index (χ0) is 11.3. The first-order chi connectivity index (χ1) is 7.09. The highest BCUT2D eigenvalue weighted by Gasteiger charge is 2.19. The van der Waals surface area contributed by atoms with Gasteiger partial charge in [0.25, 0.3) is 0 Å². The normalized spacial score (nSPS) is 23.1. The second-order valence-electron chi connectivity index (χ2n) is 4.62. The number of rotatable bonds is 5. The summed E-state index contributed by atoms with van der Waals surface area (Å²) in [6, 6.07) is -0.383. The van der Waals surface area contributed by atoms with Crippen molar-refractivity contribution in [2.45, 2.75) is 45.3 Å². The third kappa shape index (κ3) is 4.62. The van der Waals surface area contributed by atoms with Crippen LogP contribution >= 0.6 is 0 Å². The number of hydrogen-bond acceptors (Lipinski definition) is 3. The minimum atomic E-state index is -0.383. The van der Waals surface area contributed by atoms with Gasteiger partial charge in [-0.2, -0.15) is 0 Å². The molecule has 0 aromatic carbocycles. The smallest absolute Gasteiger partial charge is 0.237 e. The van der Waals surface area contributed by atoms with E-state index in [9.17, 15) is 4.79 Å². The maximum absolute atomic E-state index is 11.5. The average Bonchev–Trinajstić information content (AvgIpc) is 2.65. The molecule has 3 N–H and O–H groups in total. The maximum atomic E-state index is 11.5. The first-order valence-corrected chi connectivity index (χ1v) is 5.74. The lowest BCUT2D eigenvalue weighted by atomic mass is 10.0. The van der Waals surface area contributed by atoms with Crippen LogP contribution in [-0.4, -0.2) is 31.2 Å². The van der Waals surface area contributed by atoms with Crippen LogP contribution < -0.4 is 11.1 Å². The van der Waals surface area contributed by atoms with E-state index in [0.29, 0.717) is 12.5 Å². The van der Waals surface area contributed by atoms with Crippen molar-refractivity contribution in [1.29, 1.82) is 0 Å². The van der Waals surface area contributed by atoms with Gasteiger partial charge in [0.05, 0.1) is 12.1 Å². The van der Waals surface area contributed by atoms with Gasteiger partial charge in [-0.15, -0.1) is 0 Å². The number of carbonyl (C=O) groups is 1. The molecule has 1 heterocycles. The van der Waals surface area contributed by atoms with Crippen LogP contribution in [0.2, 0.25) is 0 Å². The number of carbonyl (C=O) groups excluding carboxylic acids is 1. The quantitative estimate of drug-likeness (QED) is 0.706. The Morgan fingerprint density at radius 1 is 1.60 bits per heavy atom. The molecule has 1 rings (SSSR count). The van der Waals surface area contributed by atoms with Crippen LogP contribution in [0, 0.1) is 5.92 Å². The van der Waals surface area contributed by atoms with Crippen LogP contribution in [0.4, 0.5) is 0 Å². The number of nitrogens with one attached hydrogen (secondary N) is 1. The Hall–Kier alpha value is -0.610. The summed E-state index contributed by atoms with van der Waals surface area (Å²) in [5, 5.41) is 2.84. The van der Waals surface area contributed by atoms with Gasteiger partial charge in [-0.25, -0.2) is 0 Å². The van der Waals surface area contributed by atoms with Crippen molar-refractivity contribution in [1.82, 2.24) is 5.32 Å². The third-order valence-corrected chi connectivity index (χ3v) is 2.59. The zero-order valence-electron chi connectivity index (χ0n) is 9.66. The summed E-state index contributed by atoms with van der Waals surface area (Å²) in [7, 11) is 0. The topological polar surface area (TPSA) is 64.4 Å². The summed E-state index contributed by atoms with van der Waals surface area (Å²) in [4.78, 5) is 11.5. The van der Waals surface area contributed by atoms with E-state index in [2.05, 4.69) is 19.2 Å². The van der Waals surface area contributed by atoms with Crippen molar-refractivity contribution < 1.29 is 9.53 Å². The highest BCUT2D eigenvalue weighted by Crippen LogP contribution is 2.10. The van der Waals surface area contributed by atoms with Gasteiger partial charge in [0.15, 0.2) is 0 Å². The molecule has 0 aromatic rings. The molecule has 0 radical (unpaired) electrons. The van der Waals surface area contributed by atoms with Gasteiger partial charge in [0.1, 0.15) is 0 Å². The Morgan fingerprint density at radius 2 is 2.33 bits per heavy atom. The molecule has 0 aliphatic carbocycles. The highest BCUT2D eigenvalue weighted by atomic mass is 16.5. The number of nitrogens with two attached hydrogens (primary N) is 1. The van der Waals surface area contributed by atoms with Crippen LogP contribution in [0.3, 0.4) is 0 Å². The summed E-state index contributed by atoms with van der Waals surface area (Å²) in [5.74, 6) is 0.396. The highest BCUT2D eigenvalue weighted by molar-refractivity contribution is 5.81. The fraction of sp³-hybridized carbons (Fsp3) is 0.909. The second-order valence-corrected chi connectivity index (χ2v) is 4.62. The van der Waals surface area contributed by atoms with E-state index in [0.717, 1.165) is 25.9 Å². The van der Waals surface area contributed by atoms with Gasteiger partial charge in [-0.3, -0.25) is 4.79 Å². The molecule has 4 nitrogen and oxygen atoms in total. The van der Waals surface area contributed by atoms with Gasteiger partial charge in [0, 0.05) is 13.2 Å². The molecule has 15 heavy (non-hydrogen) atoms. The number of ether oxygens (including phenoxy) is 1. The maximum Gasteiger partial charge on any atom is 0.237 e. The largest absolute Gasteiger partial charge is 0.376 e. The molecule has 0 spiro atoms. The molecule has 0 saturated carbocycles. The fourth-order valence-electron chi connectivity index (χ4n) is 1.77. The Morgan fingerprint density at radius 3 is 2.87 bits per heavy atom. The van der Waals surface area contributed by atoms with E-state index < -0.39 is 0 Å². The zero-order valence-corrected chi connectivity index (χ0v) is 9.66. The van der Waals surface area contributed by atoms with Crippen molar-refractivity contribution >= 4 is 5.91 Å². The van der Waals surface area contributed by atoms with Crippen LogP contribution in [-0.2, 0) is 9.53 Å². The minimum absolute atomic E-state index is 0.0563. The number of amides is 1. The van der Waals surface area contributed by atoms with Crippen LogP contribution in [0.5, 0.6) is 0 Å². The van der Waals surface area contributed by atoms with Crippen LogP contribution in [0.15, 0.2) is 0 Å². The van der Waals surface area contributed by atoms with E-state index in [1.54, 1.807) is 0 Å². The first kappa shape index (κ1) is 12.5. The minimum Gasteiger partial charge on any atom is -0.376 e. The summed E-state index contributed by atoms with van der Waals surface area (Å²) < 4.78 is 5.41. The summed E-state index contributed by atoms with van der Waals surface area (Å²) in [6.45, 7) is 5.55. The molecule has 1 saturated heterocycles. The van der Waals surface area contributed by atoms with Crippen molar-refractivity contribution in [3.63, 3.8) is 0 Å². The molecule has 88 valence electrons. The van der Waals surface area contributed by atoms with Gasteiger partial charge in [0.2, 0.25) is 5.91 Å². The molecule has 2 atom stereocenters. The number of hydrogen-bond donors (Lipinski definition) is 2. The summed E-state index contributed by atoms with van der Waals surface area (Å²) in [6.07, 6.45) is 3.07. The van der Waals surface area contributed by atoms with Gasteiger partial charge in [-0.05, 0) is 25.2 Å².